The molecule has 1 aliphatic heterocycles. The topological polar surface area (TPSA) is 64.4 Å². The van der Waals surface area contributed by atoms with Crippen molar-refractivity contribution in [2.24, 2.45) is 0 Å². The largest absolute Gasteiger partial charge is 0.490 e. The van der Waals surface area contributed by atoms with Crippen LogP contribution >= 0.6 is 0 Å². The summed E-state index contributed by atoms with van der Waals surface area (Å²) in [7, 11) is 0. The van der Waals surface area contributed by atoms with Gasteiger partial charge in [0.05, 0.1) is 12.1 Å². The highest BCUT2D eigenvalue weighted by Crippen LogP contribution is 2.33. The number of hydrogen-bond donors (Lipinski definition) is 1. The van der Waals surface area contributed by atoms with Crippen LogP contribution in [0.2, 0.25) is 0 Å². The molecular formula is C21H17F3N2O3. The standard InChI is InChI=1S/C21H17F3N2O3/c1-12-8-15-9-14(4-7-18(15)28-12)19-10-17(26-29-19)11-25-20(27)13-2-5-16(6-3-13)21(22,23)24/h2-7,9-10,12H,8,11H2,1H3,(H,25,27). The molecule has 1 N–H and O–H groups in total. The molecule has 5 nitrogen and oxygen atoms in total. The predicted molar refractivity (Wildman–Crippen MR) is 98.3 cm³/mol. The maximum atomic E-state index is 12.6. The average molecular weight is 402 g/mol. The Kier molecular flexibility index (Phi) is 4.77. The summed E-state index contributed by atoms with van der Waals surface area (Å²) in [6.07, 6.45) is -3.47. The van der Waals surface area contributed by atoms with Crippen LogP contribution in [0.5, 0.6) is 5.75 Å². The second-order valence-corrected chi connectivity index (χ2v) is 6.90. The highest BCUT2D eigenvalue weighted by Gasteiger charge is 2.30. The van der Waals surface area contributed by atoms with Crippen LogP contribution in [0.15, 0.2) is 53.1 Å². The van der Waals surface area contributed by atoms with Gasteiger partial charge in [0.15, 0.2) is 5.76 Å². The molecule has 0 fully saturated rings. The number of ether oxygens (including phenoxy) is 1. The van der Waals surface area contributed by atoms with Crippen molar-refractivity contribution in [3.63, 3.8) is 0 Å². The second-order valence-electron chi connectivity index (χ2n) is 6.90. The molecule has 1 atom stereocenters. The molecule has 1 amide bonds. The van der Waals surface area contributed by atoms with E-state index in [9.17, 15) is 18.0 Å². The van der Waals surface area contributed by atoms with Crippen molar-refractivity contribution in [2.75, 3.05) is 0 Å². The van der Waals surface area contributed by atoms with Crippen LogP contribution in [-0.2, 0) is 19.1 Å². The van der Waals surface area contributed by atoms with Crippen LogP contribution in [0.1, 0.15) is 34.1 Å². The van der Waals surface area contributed by atoms with E-state index in [1.54, 1.807) is 6.07 Å². The molecule has 29 heavy (non-hydrogen) atoms. The van der Waals surface area contributed by atoms with Gasteiger partial charge in [-0.25, -0.2) is 0 Å². The third kappa shape index (κ3) is 4.11. The quantitative estimate of drug-likeness (QED) is 0.692. The summed E-state index contributed by atoms with van der Waals surface area (Å²) in [4.78, 5) is 12.1. The van der Waals surface area contributed by atoms with E-state index >= 15 is 0 Å². The van der Waals surface area contributed by atoms with Gasteiger partial charge >= 0.3 is 6.18 Å². The summed E-state index contributed by atoms with van der Waals surface area (Å²) >= 11 is 0. The van der Waals surface area contributed by atoms with Gasteiger partial charge in [-0.15, -0.1) is 0 Å². The lowest BCUT2D eigenvalue weighted by Gasteiger charge is -2.07. The van der Waals surface area contributed by atoms with Gasteiger partial charge in [0.2, 0.25) is 0 Å². The van der Waals surface area contributed by atoms with Gasteiger partial charge in [-0.1, -0.05) is 5.16 Å². The number of nitrogens with zero attached hydrogens (tertiary/aromatic N) is 1. The molecule has 0 saturated heterocycles. The minimum absolute atomic E-state index is 0.0917. The lowest BCUT2D eigenvalue weighted by atomic mass is 10.1. The highest BCUT2D eigenvalue weighted by atomic mass is 19.4. The van der Waals surface area contributed by atoms with Crippen LogP contribution < -0.4 is 10.1 Å². The number of hydrogen-bond acceptors (Lipinski definition) is 4. The highest BCUT2D eigenvalue weighted by molar-refractivity contribution is 5.94. The van der Waals surface area contributed by atoms with E-state index < -0.39 is 17.6 Å². The van der Waals surface area contributed by atoms with E-state index in [0.29, 0.717) is 11.5 Å². The van der Waals surface area contributed by atoms with E-state index in [0.717, 1.165) is 47.6 Å². The van der Waals surface area contributed by atoms with Crippen molar-refractivity contribution < 1.29 is 27.2 Å². The van der Waals surface area contributed by atoms with Crippen LogP contribution in [0.25, 0.3) is 11.3 Å². The number of halogens is 3. The molecule has 1 aromatic heterocycles. The molecule has 3 aromatic rings. The van der Waals surface area contributed by atoms with E-state index in [1.165, 1.54) is 0 Å². The summed E-state index contributed by atoms with van der Waals surface area (Å²) in [5, 5.41) is 6.57. The van der Waals surface area contributed by atoms with Crippen LogP contribution in [0.3, 0.4) is 0 Å². The molecule has 8 heteroatoms. The van der Waals surface area contributed by atoms with Crippen molar-refractivity contribution in [1.29, 1.82) is 0 Å². The number of nitrogens with one attached hydrogen (secondary N) is 1. The number of benzene rings is 2. The minimum Gasteiger partial charge on any atom is -0.490 e. The summed E-state index contributed by atoms with van der Waals surface area (Å²) in [5.74, 6) is 0.933. The summed E-state index contributed by atoms with van der Waals surface area (Å²) < 4.78 is 48.8. The van der Waals surface area contributed by atoms with Crippen molar-refractivity contribution in [1.82, 2.24) is 10.5 Å². The van der Waals surface area contributed by atoms with Gasteiger partial charge in [-0.2, -0.15) is 13.2 Å². The molecule has 1 unspecified atom stereocenters. The fourth-order valence-electron chi connectivity index (χ4n) is 3.19. The van der Waals surface area contributed by atoms with Crippen molar-refractivity contribution >= 4 is 5.91 Å². The Balaban J connectivity index is 1.40. The Hall–Kier alpha value is -3.29. The van der Waals surface area contributed by atoms with Crippen LogP contribution in [0.4, 0.5) is 13.2 Å². The molecule has 0 bridgehead atoms. The Morgan fingerprint density at radius 2 is 1.93 bits per heavy atom. The summed E-state index contributed by atoms with van der Waals surface area (Å²) in [6.45, 7) is 2.10. The number of amides is 1. The summed E-state index contributed by atoms with van der Waals surface area (Å²) in [6, 6.07) is 11.5. The van der Waals surface area contributed by atoms with Crippen LogP contribution in [0, 0.1) is 0 Å². The number of rotatable bonds is 4. The summed E-state index contributed by atoms with van der Waals surface area (Å²) in [5.41, 5.74) is 1.79. The monoisotopic (exact) mass is 402 g/mol. The maximum absolute atomic E-state index is 12.6. The van der Waals surface area contributed by atoms with E-state index in [2.05, 4.69) is 10.5 Å². The molecule has 2 aromatic carbocycles. The average Bonchev–Trinajstić information content (AvgIpc) is 3.30. The first-order valence-corrected chi connectivity index (χ1v) is 9.00. The van der Waals surface area contributed by atoms with E-state index in [4.69, 9.17) is 9.26 Å². The first-order chi connectivity index (χ1) is 13.8. The third-order valence-corrected chi connectivity index (χ3v) is 4.64. The maximum Gasteiger partial charge on any atom is 0.416 e. The first kappa shape index (κ1) is 19.0. The number of alkyl halides is 3. The molecule has 0 radical (unpaired) electrons. The zero-order valence-electron chi connectivity index (χ0n) is 15.4. The molecule has 150 valence electrons. The van der Waals surface area contributed by atoms with Gasteiger partial charge in [0.1, 0.15) is 17.5 Å². The molecule has 0 spiro atoms. The van der Waals surface area contributed by atoms with Gasteiger partial charge in [-0.05, 0) is 55.0 Å². The normalized spacial score (nSPS) is 15.7. The fourth-order valence-corrected chi connectivity index (χ4v) is 3.19. The Bertz CT molecular complexity index is 1040. The lowest BCUT2D eigenvalue weighted by molar-refractivity contribution is -0.137. The van der Waals surface area contributed by atoms with Crippen molar-refractivity contribution in [3.05, 3.63) is 70.9 Å². The smallest absolute Gasteiger partial charge is 0.416 e. The molecule has 0 saturated carbocycles. The number of fused-ring (bicyclic) bond motifs is 1. The van der Waals surface area contributed by atoms with Crippen molar-refractivity contribution in [2.45, 2.75) is 32.2 Å². The van der Waals surface area contributed by atoms with E-state index in [1.807, 2.05) is 25.1 Å². The van der Waals surface area contributed by atoms with Gasteiger partial charge in [0.25, 0.3) is 5.91 Å². The SMILES string of the molecule is CC1Cc2cc(-c3cc(CNC(=O)c4ccc(C(F)(F)F)cc4)no3)ccc2O1. The first-order valence-electron chi connectivity index (χ1n) is 9.00. The molecule has 4 rings (SSSR count). The Morgan fingerprint density at radius 3 is 2.66 bits per heavy atom. The number of carbonyl (C=O) groups excluding carboxylic acids is 1. The molecular weight excluding hydrogens is 385 g/mol. The molecule has 2 heterocycles. The Morgan fingerprint density at radius 1 is 1.17 bits per heavy atom. The van der Waals surface area contributed by atoms with Gasteiger partial charge < -0.3 is 14.6 Å². The third-order valence-electron chi connectivity index (χ3n) is 4.64. The lowest BCUT2D eigenvalue weighted by Crippen LogP contribution is -2.23. The van der Waals surface area contributed by atoms with Gasteiger partial charge in [-0.3, -0.25) is 4.79 Å². The number of carbonyl (C=O) groups is 1. The molecule has 1 aliphatic rings. The zero-order chi connectivity index (χ0) is 20.6. The fraction of sp³-hybridized carbons (Fsp3) is 0.238. The minimum atomic E-state index is -4.44. The van der Waals surface area contributed by atoms with Crippen molar-refractivity contribution in [3.8, 4) is 17.1 Å². The van der Waals surface area contributed by atoms with E-state index in [-0.39, 0.29) is 18.2 Å². The van der Waals surface area contributed by atoms with Crippen LogP contribution in [-0.4, -0.2) is 17.2 Å². The predicted octanol–water partition coefficient (Wildman–Crippen LogP) is 4.61. The second kappa shape index (κ2) is 7.27. The zero-order valence-corrected chi connectivity index (χ0v) is 15.4. The number of aromatic nitrogens is 1. The molecule has 0 aliphatic carbocycles. The Labute approximate surface area is 164 Å². The van der Waals surface area contributed by atoms with Gasteiger partial charge in [0, 0.05) is 23.6 Å².